The van der Waals surface area contributed by atoms with Crippen LogP contribution in [0.3, 0.4) is 0 Å². The largest absolute Gasteiger partial charge is 0.353 e. The summed E-state index contributed by atoms with van der Waals surface area (Å²) in [5.41, 5.74) is 3.71. The van der Waals surface area contributed by atoms with Crippen molar-refractivity contribution in [3.05, 3.63) is 34.9 Å². The molecule has 0 radical (unpaired) electrons. The molecule has 1 heterocycles. The van der Waals surface area contributed by atoms with Crippen LogP contribution in [0.2, 0.25) is 0 Å². The molecule has 4 nitrogen and oxygen atoms in total. The van der Waals surface area contributed by atoms with Gasteiger partial charge in [0.05, 0.1) is 11.5 Å². The van der Waals surface area contributed by atoms with Gasteiger partial charge in [0.25, 0.3) is 0 Å². The van der Waals surface area contributed by atoms with Crippen LogP contribution in [0.4, 0.5) is 0 Å². The highest BCUT2D eigenvalue weighted by Gasteiger charge is 2.29. The molecular formula is C17H25NO3S. The van der Waals surface area contributed by atoms with E-state index in [0.29, 0.717) is 12.8 Å². The van der Waals surface area contributed by atoms with Gasteiger partial charge in [0, 0.05) is 12.5 Å². The second kappa shape index (κ2) is 6.82. The van der Waals surface area contributed by atoms with Crippen molar-refractivity contribution in [2.24, 2.45) is 5.92 Å². The van der Waals surface area contributed by atoms with Crippen molar-refractivity contribution in [1.29, 1.82) is 0 Å². The van der Waals surface area contributed by atoms with Gasteiger partial charge in [-0.05, 0) is 50.7 Å². The van der Waals surface area contributed by atoms with Crippen LogP contribution in [0.25, 0.3) is 0 Å². The van der Waals surface area contributed by atoms with Crippen molar-refractivity contribution in [3.63, 3.8) is 0 Å². The Morgan fingerprint density at radius 1 is 1.36 bits per heavy atom. The van der Waals surface area contributed by atoms with Crippen molar-refractivity contribution in [2.45, 2.75) is 46.1 Å². The van der Waals surface area contributed by atoms with Gasteiger partial charge >= 0.3 is 0 Å². The van der Waals surface area contributed by atoms with Crippen LogP contribution in [0.1, 0.15) is 36.5 Å². The normalized spacial score (nSPS) is 21.5. The molecular weight excluding hydrogens is 298 g/mol. The number of carbonyl (C=O) groups is 1. The number of carbonyl (C=O) groups excluding carboxylic acids is 1. The number of aryl methyl sites for hydroxylation is 2. The molecule has 5 heteroatoms. The highest BCUT2D eigenvalue weighted by Crippen LogP contribution is 2.21. The lowest BCUT2D eigenvalue weighted by Crippen LogP contribution is -2.35. The minimum absolute atomic E-state index is 0.0155. The van der Waals surface area contributed by atoms with E-state index in [1.807, 2.05) is 6.92 Å². The fourth-order valence-electron chi connectivity index (χ4n) is 3.08. The molecule has 0 aliphatic carbocycles. The number of hydrogen-bond donors (Lipinski definition) is 1. The number of nitrogens with one attached hydrogen (secondary N) is 1. The summed E-state index contributed by atoms with van der Waals surface area (Å²) in [7, 11) is -2.91. The van der Waals surface area contributed by atoms with Gasteiger partial charge in [0.1, 0.15) is 0 Å². The third kappa shape index (κ3) is 4.83. The van der Waals surface area contributed by atoms with Gasteiger partial charge in [-0.3, -0.25) is 4.79 Å². The third-order valence-electron chi connectivity index (χ3n) is 4.23. The van der Waals surface area contributed by atoms with Gasteiger partial charge in [-0.15, -0.1) is 0 Å². The standard InChI is InChI=1S/C17H25NO3S/c1-12-4-5-16(13(2)8-12)9-14(3)18-17(19)10-15-6-7-22(20,21)11-15/h4-5,8,14-15H,6-7,9-11H2,1-3H3,(H,18,19)/t14-,15-/m1/s1. The van der Waals surface area contributed by atoms with Crippen LogP contribution >= 0.6 is 0 Å². The van der Waals surface area contributed by atoms with E-state index in [0.717, 1.165) is 6.42 Å². The second-order valence-corrected chi connectivity index (χ2v) is 8.80. The summed E-state index contributed by atoms with van der Waals surface area (Å²) in [6.07, 6.45) is 1.72. The maximum absolute atomic E-state index is 12.0. The number of hydrogen-bond acceptors (Lipinski definition) is 3. The summed E-state index contributed by atoms with van der Waals surface area (Å²) in [4.78, 5) is 12.0. The van der Waals surface area contributed by atoms with Crippen LogP contribution in [-0.2, 0) is 21.1 Å². The number of rotatable bonds is 5. The zero-order valence-corrected chi connectivity index (χ0v) is 14.4. The van der Waals surface area contributed by atoms with Crippen LogP contribution in [-0.4, -0.2) is 31.9 Å². The van der Waals surface area contributed by atoms with Crippen molar-refractivity contribution in [2.75, 3.05) is 11.5 Å². The van der Waals surface area contributed by atoms with Gasteiger partial charge in [0.2, 0.25) is 5.91 Å². The number of sulfone groups is 1. The smallest absolute Gasteiger partial charge is 0.220 e. The zero-order chi connectivity index (χ0) is 16.3. The van der Waals surface area contributed by atoms with Crippen molar-refractivity contribution in [3.8, 4) is 0 Å². The fraction of sp³-hybridized carbons (Fsp3) is 0.588. The third-order valence-corrected chi connectivity index (χ3v) is 6.07. The summed E-state index contributed by atoms with van der Waals surface area (Å²) < 4.78 is 22.8. The molecule has 1 aromatic rings. The second-order valence-electron chi connectivity index (χ2n) is 6.58. The van der Waals surface area contributed by atoms with E-state index in [4.69, 9.17) is 0 Å². The van der Waals surface area contributed by atoms with Crippen molar-refractivity contribution < 1.29 is 13.2 Å². The quantitative estimate of drug-likeness (QED) is 0.903. The molecule has 2 atom stereocenters. The zero-order valence-electron chi connectivity index (χ0n) is 13.6. The molecule has 1 amide bonds. The Labute approximate surface area is 133 Å². The molecule has 1 aliphatic heterocycles. The molecule has 0 unspecified atom stereocenters. The maximum atomic E-state index is 12.0. The fourth-order valence-corrected chi connectivity index (χ4v) is 4.95. The van der Waals surface area contributed by atoms with Gasteiger partial charge < -0.3 is 5.32 Å². The SMILES string of the molecule is Cc1ccc(C[C@@H](C)NC(=O)C[C@H]2CCS(=O)(=O)C2)c(C)c1. The Balaban J connectivity index is 1.84. The molecule has 1 aliphatic rings. The highest BCUT2D eigenvalue weighted by atomic mass is 32.2. The predicted octanol–water partition coefficient (Wildman–Crippen LogP) is 2.18. The molecule has 122 valence electrons. The van der Waals surface area contributed by atoms with Crippen LogP contribution in [0, 0.1) is 19.8 Å². The molecule has 0 spiro atoms. The van der Waals surface area contributed by atoms with E-state index in [1.165, 1.54) is 16.7 Å². The Morgan fingerprint density at radius 2 is 2.09 bits per heavy atom. The maximum Gasteiger partial charge on any atom is 0.220 e. The molecule has 1 aromatic carbocycles. The first-order valence-electron chi connectivity index (χ1n) is 7.81. The summed E-state index contributed by atoms with van der Waals surface area (Å²) in [5.74, 6) is 0.326. The molecule has 0 saturated carbocycles. The van der Waals surface area contributed by atoms with E-state index in [1.54, 1.807) is 0 Å². The lowest BCUT2D eigenvalue weighted by molar-refractivity contribution is -0.122. The predicted molar refractivity (Wildman–Crippen MR) is 88.6 cm³/mol. The van der Waals surface area contributed by atoms with Crippen LogP contribution < -0.4 is 5.32 Å². The topological polar surface area (TPSA) is 63.2 Å². The molecule has 1 N–H and O–H groups in total. The molecule has 2 rings (SSSR count). The van der Waals surface area contributed by atoms with E-state index in [2.05, 4.69) is 37.4 Å². The lowest BCUT2D eigenvalue weighted by atomic mass is 9.99. The van der Waals surface area contributed by atoms with Gasteiger partial charge in [-0.2, -0.15) is 0 Å². The molecule has 22 heavy (non-hydrogen) atoms. The van der Waals surface area contributed by atoms with Crippen LogP contribution in [0.15, 0.2) is 18.2 Å². The summed E-state index contributed by atoms with van der Waals surface area (Å²) in [6, 6.07) is 6.39. The summed E-state index contributed by atoms with van der Waals surface area (Å²) >= 11 is 0. The highest BCUT2D eigenvalue weighted by molar-refractivity contribution is 7.91. The Hall–Kier alpha value is -1.36. The molecule has 0 aromatic heterocycles. The van der Waals surface area contributed by atoms with Crippen LogP contribution in [0.5, 0.6) is 0 Å². The Kier molecular flexibility index (Phi) is 5.27. The lowest BCUT2D eigenvalue weighted by Gasteiger charge is -2.17. The van der Waals surface area contributed by atoms with Gasteiger partial charge in [-0.25, -0.2) is 8.42 Å². The van der Waals surface area contributed by atoms with E-state index >= 15 is 0 Å². The van der Waals surface area contributed by atoms with E-state index in [9.17, 15) is 13.2 Å². The Morgan fingerprint density at radius 3 is 2.68 bits per heavy atom. The molecule has 1 saturated heterocycles. The van der Waals surface area contributed by atoms with E-state index in [-0.39, 0.29) is 29.4 Å². The Bertz CT molecular complexity index is 652. The monoisotopic (exact) mass is 323 g/mol. The molecule has 0 bridgehead atoms. The molecule has 1 fully saturated rings. The van der Waals surface area contributed by atoms with E-state index < -0.39 is 9.84 Å². The first-order chi connectivity index (χ1) is 10.2. The number of amides is 1. The first-order valence-corrected chi connectivity index (χ1v) is 9.63. The minimum Gasteiger partial charge on any atom is -0.353 e. The van der Waals surface area contributed by atoms with Gasteiger partial charge in [0.15, 0.2) is 9.84 Å². The summed E-state index contributed by atoms with van der Waals surface area (Å²) in [5, 5.41) is 2.99. The average Bonchev–Trinajstić information content (AvgIpc) is 2.71. The summed E-state index contributed by atoms with van der Waals surface area (Å²) in [6.45, 7) is 6.14. The van der Waals surface area contributed by atoms with Gasteiger partial charge in [-0.1, -0.05) is 23.8 Å². The van der Waals surface area contributed by atoms with Crippen molar-refractivity contribution in [1.82, 2.24) is 5.32 Å². The number of benzene rings is 1. The first kappa shape index (κ1) is 17.0. The average molecular weight is 323 g/mol. The minimum atomic E-state index is -2.91. The van der Waals surface area contributed by atoms with Crippen molar-refractivity contribution >= 4 is 15.7 Å².